The number of hydrogen-bond donors (Lipinski definition) is 0. The van der Waals surface area contributed by atoms with Gasteiger partial charge in [-0.15, -0.1) is 0 Å². The van der Waals surface area contributed by atoms with Crippen LogP contribution < -0.4 is 0 Å². The Morgan fingerprint density at radius 1 is 0.700 bits per heavy atom. The van der Waals surface area contributed by atoms with Crippen LogP contribution in [0.3, 0.4) is 0 Å². The summed E-state index contributed by atoms with van der Waals surface area (Å²) in [7, 11) is 0. The smallest absolute Gasteiger partial charge is 0.101 e. The second-order valence-corrected chi connectivity index (χ2v) is 6.71. The predicted molar refractivity (Wildman–Crippen MR) is 122 cm³/mol. The summed E-state index contributed by atoms with van der Waals surface area (Å²) in [4.78, 5) is 9.64. The number of nitrogens with zero attached hydrogens (tertiary/aromatic N) is 4. The van der Waals surface area contributed by atoms with E-state index in [1.165, 1.54) is 5.56 Å². The molecule has 0 heterocycles. The predicted octanol–water partition coefficient (Wildman–Crippen LogP) is 6.32. The molecule has 0 aliphatic heterocycles. The molecule has 0 aliphatic rings. The topological polar surface area (TPSA) is 72.3 Å². The van der Waals surface area contributed by atoms with E-state index in [-0.39, 0.29) is 0 Å². The lowest BCUT2D eigenvalue weighted by atomic mass is 10.0. The Kier molecular flexibility index (Phi) is 7.25. The Bertz CT molecular complexity index is 1150. The molecule has 4 heteroatoms. The first kappa shape index (κ1) is 20.7. The van der Waals surface area contributed by atoms with Crippen molar-refractivity contribution < 1.29 is 0 Å². The second-order valence-electron chi connectivity index (χ2n) is 6.71. The minimum atomic E-state index is 0.530. The minimum absolute atomic E-state index is 0.530. The van der Waals surface area contributed by atoms with Crippen molar-refractivity contribution in [3.05, 3.63) is 95.6 Å². The molecule has 0 amide bonds. The molecule has 0 unspecified atom stereocenters. The highest BCUT2D eigenvalue weighted by Crippen LogP contribution is 2.22. The van der Waals surface area contributed by atoms with Crippen LogP contribution in [0.2, 0.25) is 0 Å². The average Bonchev–Trinajstić information content (AvgIpc) is 2.81. The summed E-state index contributed by atoms with van der Waals surface area (Å²) in [6.07, 6.45) is 2.17. The van der Waals surface area contributed by atoms with E-state index in [0.717, 1.165) is 17.8 Å². The van der Waals surface area contributed by atoms with Crippen LogP contribution in [0, 0.1) is 22.7 Å². The molecule has 0 N–H and O–H groups in total. The average molecular weight is 390 g/mol. The lowest BCUT2D eigenvalue weighted by Crippen LogP contribution is -2.14. The number of aliphatic imine (C=N–C) groups is 2. The van der Waals surface area contributed by atoms with E-state index in [0.29, 0.717) is 35.3 Å². The third-order valence-electron chi connectivity index (χ3n) is 4.72. The Morgan fingerprint density at radius 2 is 1.20 bits per heavy atom. The van der Waals surface area contributed by atoms with Crippen LogP contribution in [0.25, 0.3) is 0 Å². The van der Waals surface area contributed by atoms with Gasteiger partial charge in [0.15, 0.2) is 0 Å². The highest BCUT2D eigenvalue weighted by molar-refractivity contribution is 6.43. The van der Waals surface area contributed by atoms with E-state index >= 15 is 0 Å². The fourth-order valence-electron chi connectivity index (χ4n) is 3.14. The van der Waals surface area contributed by atoms with Crippen molar-refractivity contribution >= 4 is 22.8 Å². The highest BCUT2D eigenvalue weighted by atomic mass is 14.8. The quantitative estimate of drug-likeness (QED) is 0.443. The van der Waals surface area contributed by atoms with Crippen LogP contribution in [0.5, 0.6) is 0 Å². The van der Waals surface area contributed by atoms with E-state index in [4.69, 9.17) is 9.98 Å². The van der Waals surface area contributed by atoms with Gasteiger partial charge in [0, 0.05) is 0 Å². The molecule has 3 rings (SSSR count). The van der Waals surface area contributed by atoms with Crippen molar-refractivity contribution in [2.75, 3.05) is 0 Å². The molecule has 4 nitrogen and oxygen atoms in total. The summed E-state index contributed by atoms with van der Waals surface area (Å²) in [5.74, 6) is 0. The first-order valence-electron chi connectivity index (χ1n) is 9.92. The number of aryl methyl sites for hydroxylation is 1. The van der Waals surface area contributed by atoms with Crippen molar-refractivity contribution in [3.63, 3.8) is 0 Å². The standard InChI is InChI=1S/C26H22N4/c1-2-23(29-24-14-8-6-12-21(24)18-27)26(17-16-20-10-4-3-5-11-20)30-25-15-9-7-13-22(25)19-28/h3-15H,2,16-17H2,1H3. The molecular formula is C26H22N4. The minimum Gasteiger partial charge on any atom is -0.250 e. The molecule has 0 spiro atoms. The third kappa shape index (κ3) is 5.28. The molecule has 0 bridgehead atoms. The van der Waals surface area contributed by atoms with Gasteiger partial charge in [-0.2, -0.15) is 10.5 Å². The van der Waals surface area contributed by atoms with Gasteiger partial charge in [-0.1, -0.05) is 61.5 Å². The fourth-order valence-corrected chi connectivity index (χ4v) is 3.14. The van der Waals surface area contributed by atoms with Crippen LogP contribution in [0.1, 0.15) is 36.5 Å². The summed E-state index contributed by atoms with van der Waals surface area (Å²) in [5.41, 5.74) is 5.20. The number of rotatable bonds is 7. The van der Waals surface area contributed by atoms with Gasteiger partial charge in [-0.3, -0.25) is 9.98 Å². The Morgan fingerprint density at radius 3 is 1.73 bits per heavy atom. The first-order valence-corrected chi connectivity index (χ1v) is 9.92. The van der Waals surface area contributed by atoms with Gasteiger partial charge in [0.25, 0.3) is 0 Å². The molecule has 0 fully saturated rings. The molecule has 146 valence electrons. The molecule has 0 atom stereocenters. The summed E-state index contributed by atoms with van der Waals surface area (Å²) in [6.45, 7) is 2.03. The van der Waals surface area contributed by atoms with Crippen molar-refractivity contribution in [2.24, 2.45) is 9.98 Å². The van der Waals surface area contributed by atoms with Crippen molar-refractivity contribution in [2.45, 2.75) is 26.2 Å². The highest BCUT2D eigenvalue weighted by Gasteiger charge is 2.12. The SMILES string of the molecule is CCC(=Nc1ccccc1C#N)C(CCc1ccccc1)=Nc1ccccc1C#N. The first-order chi connectivity index (χ1) is 14.7. The summed E-state index contributed by atoms with van der Waals surface area (Å²) in [6, 6.07) is 29.3. The maximum Gasteiger partial charge on any atom is 0.101 e. The van der Waals surface area contributed by atoms with E-state index in [9.17, 15) is 10.5 Å². The van der Waals surface area contributed by atoms with Crippen molar-refractivity contribution in [1.82, 2.24) is 0 Å². The molecule has 0 saturated heterocycles. The van der Waals surface area contributed by atoms with Gasteiger partial charge in [-0.05, 0) is 49.1 Å². The normalized spacial score (nSPS) is 11.6. The molecular weight excluding hydrogens is 368 g/mol. The molecule has 3 aromatic carbocycles. The largest absolute Gasteiger partial charge is 0.250 e. The fraction of sp³-hybridized carbons (Fsp3) is 0.154. The van der Waals surface area contributed by atoms with Crippen molar-refractivity contribution in [3.8, 4) is 12.1 Å². The summed E-state index contributed by atoms with van der Waals surface area (Å²) >= 11 is 0. The molecule has 0 aromatic heterocycles. The summed E-state index contributed by atoms with van der Waals surface area (Å²) < 4.78 is 0. The molecule has 0 saturated carbocycles. The van der Waals surface area contributed by atoms with Crippen LogP contribution in [-0.4, -0.2) is 11.4 Å². The molecule has 0 radical (unpaired) electrons. The van der Waals surface area contributed by atoms with Crippen molar-refractivity contribution in [1.29, 1.82) is 10.5 Å². The van der Waals surface area contributed by atoms with E-state index in [1.807, 2.05) is 61.5 Å². The van der Waals surface area contributed by atoms with Crippen LogP contribution in [0.15, 0.2) is 88.8 Å². The Labute approximate surface area is 177 Å². The lowest BCUT2D eigenvalue weighted by Gasteiger charge is -2.11. The number of hydrogen-bond acceptors (Lipinski definition) is 4. The van der Waals surface area contributed by atoms with Gasteiger partial charge in [0.2, 0.25) is 0 Å². The zero-order chi connectivity index (χ0) is 21.2. The van der Waals surface area contributed by atoms with Gasteiger partial charge in [0.05, 0.1) is 33.9 Å². The van der Waals surface area contributed by atoms with Crippen LogP contribution in [0.4, 0.5) is 11.4 Å². The van der Waals surface area contributed by atoms with Gasteiger partial charge >= 0.3 is 0 Å². The molecule has 3 aromatic rings. The maximum absolute atomic E-state index is 9.45. The molecule has 30 heavy (non-hydrogen) atoms. The lowest BCUT2D eigenvalue weighted by molar-refractivity contribution is 1.04. The Hall–Kier alpha value is -4.02. The van der Waals surface area contributed by atoms with E-state index in [2.05, 4.69) is 24.3 Å². The monoisotopic (exact) mass is 390 g/mol. The molecule has 0 aliphatic carbocycles. The number of benzene rings is 3. The van der Waals surface area contributed by atoms with E-state index < -0.39 is 0 Å². The summed E-state index contributed by atoms with van der Waals surface area (Å²) in [5, 5.41) is 18.9. The van der Waals surface area contributed by atoms with Gasteiger partial charge < -0.3 is 0 Å². The number of nitriles is 2. The van der Waals surface area contributed by atoms with Crippen LogP contribution in [-0.2, 0) is 6.42 Å². The maximum atomic E-state index is 9.45. The van der Waals surface area contributed by atoms with E-state index in [1.54, 1.807) is 12.1 Å². The zero-order valence-electron chi connectivity index (χ0n) is 16.9. The third-order valence-corrected chi connectivity index (χ3v) is 4.72. The number of para-hydroxylation sites is 2. The second kappa shape index (κ2) is 10.5. The van der Waals surface area contributed by atoms with Gasteiger partial charge in [-0.25, -0.2) is 0 Å². The van der Waals surface area contributed by atoms with Gasteiger partial charge in [0.1, 0.15) is 12.1 Å². The van der Waals surface area contributed by atoms with Crippen LogP contribution >= 0.6 is 0 Å². The Balaban J connectivity index is 2.05. The zero-order valence-corrected chi connectivity index (χ0v) is 16.9.